The first-order chi connectivity index (χ1) is 8.60. The number of pyridine rings is 1. The van der Waals surface area contributed by atoms with Crippen molar-refractivity contribution in [3.05, 3.63) is 30.1 Å². The van der Waals surface area contributed by atoms with E-state index < -0.39 is 5.41 Å². The van der Waals surface area contributed by atoms with Crippen LogP contribution in [0, 0.1) is 5.41 Å². The number of hydrogen-bond acceptors (Lipinski definition) is 3. The summed E-state index contributed by atoms with van der Waals surface area (Å²) >= 11 is 5.02. The van der Waals surface area contributed by atoms with Crippen LogP contribution in [0.5, 0.6) is 0 Å². The molecule has 0 saturated heterocycles. The molecule has 1 heterocycles. The second-order valence-corrected chi connectivity index (χ2v) is 5.03. The number of amides is 1. The maximum absolute atomic E-state index is 12.4. The smallest absolute Gasteiger partial charge is 0.235 e. The first-order valence-corrected chi connectivity index (χ1v) is 6.50. The summed E-state index contributed by atoms with van der Waals surface area (Å²) < 4.78 is 0. The number of aromatic nitrogens is 1. The predicted octanol–water partition coefficient (Wildman–Crippen LogP) is 1.50. The third-order valence-electron chi connectivity index (χ3n) is 3.38. The van der Waals surface area contributed by atoms with E-state index >= 15 is 0 Å². The molecule has 0 radical (unpaired) electrons. The monoisotopic (exact) mass is 263 g/mol. The summed E-state index contributed by atoms with van der Waals surface area (Å²) in [6, 6.07) is 5.69. The van der Waals surface area contributed by atoms with Gasteiger partial charge in [0.1, 0.15) is 0 Å². The van der Waals surface area contributed by atoms with Crippen LogP contribution in [0.2, 0.25) is 0 Å². The van der Waals surface area contributed by atoms with Gasteiger partial charge in [-0.1, -0.05) is 18.3 Å². The summed E-state index contributed by atoms with van der Waals surface area (Å²) in [4.78, 5) is 18.8. The molecule has 0 aromatic carbocycles. The van der Waals surface area contributed by atoms with Gasteiger partial charge in [0, 0.05) is 12.7 Å². The van der Waals surface area contributed by atoms with Crippen LogP contribution in [-0.4, -0.2) is 27.3 Å². The van der Waals surface area contributed by atoms with Gasteiger partial charge in [-0.2, -0.15) is 0 Å². The Morgan fingerprint density at radius 3 is 2.72 bits per heavy atom. The third kappa shape index (κ3) is 2.36. The van der Waals surface area contributed by atoms with Crippen molar-refractivity contribution < 1.29 is 4.79 Å². The molecule has 1 aliphatic rings. The van der Waals surface area contributed by atoms with Gasteiger partial charge in [0.25, 0.3) is 0 Å². The van der Waals surface area contributed by atoms with Crippen molar-refractivity contribution in [2.45, 2.75) is 26.3 Å². The van der Waals surface area contributed by atoms with E-state index in [1.807, 2.05) is 25.1 Å². The van der Waals surface area contributed by atoms with E-state index in [2.05, 4.69) is 4.98 Å². The zero-order chi connectivity index (χ0) is 13.2. The van der Waals surface area contributed by atoms with E-state index in [4.69, 9.17) is 18.0 Å². The molecule has 1 aromatic rings. The van der Waals surface area contributed by atoms with Crippen molar-refractivity contribution in [2.24, 2.45) is 11.1 Å². The van der Waals surface area contributed by atoms with Crippen LogP contribution in [0.25, 0.3) is 0 Å². The summed E-state index contributed by atoms with van der Waals surface area (Å²) in [7, 11) is 0. The fraction of sp³-hybridized carbons (Fsp3) is 0.462. The number of carbonyl (C=O) groups is 1. The van der Waals surface area contributed by atoms with Gasteiger partial charge in [-0.15, -0.1) is 0 Å². The first kappa shape index (κ1) is 13.0. The van der Waals surface area contributed by atoms with Crippen LogP contribution < -0.4 is 5.73 Å². The van der Waals surface area contributed by atoms with Crippen molar-refractivity contribution in [3.63, 3.8) is 0 Å². The zero-order valence-electron chi connectivity index (χ0n) is 10.4. The molecule has 96 valence electrons. The largest absolute Gasteiger partial charge is 0.392 e. The Balaban J connectivity index is 2.10. The van der Waals surface area contributed by atoms with Gasteiger partial charge in [-0.3, -0.25) is 9.78 Å². The molecule has 0 spiro atoms. The average Bonchev–Trinajstić information content (AvgIpc) is 3.18. The molecule has 5 heteroatoms. The zero-order valence-corrected chi connectivity index (χ0v) is 11.2. The van der Waals surface area contributed by atoms with Crippen LogP contribution in [-0.2, 0) is 11.3 Å². The summed E-state index contributed by atoms with van der Waals surface area (Å²) in [5, 5.41) is 0. The van der Waals surface area contributed by atoms with Crippen molar-refractivity contribution in [2.75, 3.05) is 6.54 Å². The van der Waals surface area contributed by atoms with E-state index in [0.29, 0.717) is 18.1 Å². The second kappa shape index (κ2) is 5.02. The molecule has 1 amide bonds. The standard InChI is InChI=1S/C13H17N3OS/c1-2-16(9-10-5-3-4-8-15-10)12(17)13(6-7-13)11(14)18/h3-5,8H,2,6-7,9H2,1H3,(H2,14,18). The van der Waals surface area contributed by atoms with Gasteiger partial charge in [0.2, 0.25) is 5.91 Å². The molecule has 0 atom stereocenters. The Morgan fingerprint density at radius 1 is 1.56 bits per heavy atom. The van der Waals surface area contributed by atoms with Crippen LogP contribution >= 0.6 is 12.2 Å². The SMILES string of the molecule is CCN(Cc1ccccn1)C(=O)C1(C(N)=S)CC1. The fourth-order valence-electron chi connectivity index (χ4n) is 2.01. The van der Waals surface area contributed by atoms with Crippen LogP contribution in [0.15, 0.2) is 24.4 Å². The van der Waals surface area contributed by atoms with Gasteiger partial charge >= 0.3 is 0 Å². The first-order valence-electron chi connectivity index (χ1n) is 6.09. The second-order valence-electron chi connectivity index (χ2n) is 4.59. The number of nitrogens with two attached hydrogens (primary N) is 1. The highest BCUT2D eigenvalue weighted by molar-refractivity contribution is 7.80. The Bertz CT molecular complexity index is 457. The fourth-order valence-corrected chi connectivity index (χ4v) is 2.30. The highest BCUT2D eigenvalue weighted by Gasteiger charge is 2.54. The molecule has 0 unspecified atom stereocenters. The lowest BCUT2D eigenvalue weighted by molar-refractivity contribution is -0.134. The molecule has 0 aliphatic heterocycles. The molecule has 1 fully saturated rings. The topological polar surface area (TPSA) is 59.2 Å². The number of thiocarbonyl (C=S) groups is 1. The third-order valence-corrected chi connectivity index (χ3v) is 3.77. The molecule has 2 rings (SSSR count). The average molecular weight is 263 g/mol. The van der Waals surface area contributed by atoms with E-state index in [1.165, 1.54) is 0 Å². The van der Waals surface area contributed by atoms with Gasteiger partial charge in [0.05, 0.1) is 22.6 Å². The summed E-state index contributed by atoms with van der Waals surface area (Å²) in [5.74, 6) is 0.0446. The molecule has 1 saturated carbocycles. The van der Waals surface area contributed by atoms with E-state index in [-0.39, 0.29) is 5.91 Å². The predicted molar refractivity (Wildman–Crippen MR) is 73.8 cm³/mol. The molecular formula is C13H17N3OS. The minimum Gasteiger partial charge on any atom is -0.392 e. The van der Waals surface area contributed by atoms with Crippen molar-refractivity contribution in [1.29, 1.82) is 0 Å². The quantitative estimate of drug-likeness (QED) is 0.818. The number of rotatable bonds is 5. The minimum absolute atomic E-state index is 0.0446. The lowest BCUT2D eigenvalue weighted by atomic mass is 10.1. The van der Waals surface area contributed by atoms with E-state index in [0.717, 1.165) is 18.5 Å². The van der Waals surface area contributed by atoms with Gasteiger partial charge in [-0.05, 0) is 31.9 Å². The molecule has 18 heavy (non-hydrogen) atoms. The number of hydrogen-bond donors (Lipinski definition) is 1. The molecule has 1 aliphatic carbocycles. The Kier molecular flexibility index (Phi) is 3.61. The van der Waals surface area contributed by atoms with E-state index in [9.17, 15) is 4.79 Å². The minimum atomic E-state index is -0.569. The van der Waals surface area contributed by atoms with Gasteiger partial charge < -0.3 is 10.6 Å². The molecular weight excluding hydrogens is 246 g/mol. The Hall–Kier alpha value is -1.49. The lowest BCUT2D eigenvalue weighted by Crippen LogP contribution is -2.42. The summed E-state index contributed by atoms with van der Waals surface area (Å²) in [6.07, 6.45) is 3.29. The van der Waals surface area contributed by atoms with Gasteiger partial charge in [0.15, 0.2) is 0 Å². The van der Waals surface area contributed by atoms with Crippen LogP contribution in [0.4, 0.5) is 0 Å². The number of carbonyl (C=O) groups excluding carboxylic acids is 1. The Labute approximate surface area is 112 Å². The highest BCUT2D eigenvalue weighted by atomic mass is 32.1. The maximum Gasteiger partial charge on any atom is 0.235 e. The Morgan fingerprint density at radius 2 is 2.28 bits per heavy atom. The summed E-state index contributed by atoms with van der Waals surface area (Å²) in [6.45, 7) is 3.11. The van der Waals surface area contributed by atoms with Gasteiger partial charge in [-0.25, -0.2) is 0 Å². The molecule has 4 nitrogen and oxygen atoms in total. The van der Waals surface area contributed by atoms with Crippen LogP contribution in [0.1, 0.15) is 25.5 Å². The number of nitrogens with zero attached hydrogens (tertiary/aromatic N) is 2. The maximum atomic E-state index is 12.4. The van der Waals surface area contributed by atoms with E-state index in [1.54, 1.807) is 11.1 Å². The van der Waals surface area contributed by atoms with Crippen molar-refractivity contribution in [3.8, 4) is 0 Å². The van der Waals surface area contributed by atoms with Crippen molar-refractivity contribution in [1.82, 2.24) is 9.88 Å². The normalized spacial score (nSPS) is 16.1. The van der Waals surface area contributed by atoms with Crippen LogP contribution in [0.3, 0.4) is 0 Å². The highest BCUT2D eigenvalue weighted by Crippen LogP contribution is 2.47. The lowest BCUT2D eigenvalue weighted by Gasteiger charge is -2.25. The molecule has 2 N–H and O–H groups in total. The summed E-state index contributed by atoms with van der Waals surface area (Å²) in [5.41, 5.74) is 6.00. The molecule has 0 bridgehead atoms. The van der Waals surface area contributed by atoms with Crippen molar-refractivity contribution >= 4 is 23.1 Å². The molecule has 1 aromatic heterocycles.